The van der Waals surface area contributed by atoms with Crippen LogP contribution in [-0.4, -0.2) is 23.3 Å². The molecule has 1 heterocycles. The van der Waals surface area contributed by atoms with Gasteiger partial charge in [-0.3, -0.25) is 0 Å². The Hall–Kier alpha value is -1.32. The first-order valence-electron chi connectivity index (χ1n) is 5.19. The van der Waals surface area contributed by atoms with Gasteiger partial charge in [0.05, 0.1) is 12.1 Å². The van der Waals surface area contributed by atoms with Gasteiger partial charge in [0.1, 0.15) is 0 Å². The first kappa shape index (κ1) is 10.2. The Morgan fingerprint density at radius 3 is 2.93 bits per heavy atom. The van der Waals surface area contributed by atoms with Gasteiger partial charge in [-0.1, -0.05) is 18.2 Å². The lowest BCUT2D eigenvalue weighted by Gasteiger charge is -2.08. The van der Waals surface area contributed by atoms with E-state index < -0.39 is 0 Å². The summed E-state index contributed by atoms with van der Waals surface area (Å²) >= 11 is 0. The normalized spacial score (nSPS) is 11.1. The van der Waals surface area contributed by atoms with Crippen LogP contribution < -0.4 is 5.32 Å². The smallest absolute Gasteiger partial charge is 0.0610 e. The van der Waals surface area contributed by atoms with E-state index in [1.54, 1.807) is 0 Å². The van der Waals surface area contributed by atoms with Gasteiger partial charge < -0.3 is 15.0 Å². The van der Waals surface area contributed by atoms with Crippen molar-refractivity contribution in [3.05, 3.63) is 36.0 Å². The molecule has 3 nitrogen and oxygen atoms in total. The number of hydrogen-bond acceptors (Lipinski definition) is 2. The minimum atomic E-state index is 0.178. The molecule has 15 heavy (non-hydrogen) atoms. The Bertz CT molecular complexity index is 448. The molecule has 0 bridgehead atoms. The number of rotatable bonds is 4. The maximum atomic E-state index is 8.98. The number of benzene rings is 1. The molecule has 2 rings (SSSR count). The summed E-state index contributed by atoms with van der Waals surface area (Å²) in [5.41, 5.74) is 2.49. The Morgan fingerprint density at radius 2 is 2.20 bits per heavy atom. The average Bonchev–Trinajstić information content (AvgIpc) is 2.64. The van der Waals surface area contributed by atoms with Crippen LogP contribution in [0.25, 0.3) is 10.9 Å². The highest BCUT2D eigenvalue weighted by Gasteiger charge is 2.04. The van der Waals surface area contributed by atoms with Crippen molar-refractivity contribution in [2.45, 2.75) is 13.1 Å². The molecular weight excluding hydrogens is 188 g/mol. The summed E-state index contributed by atoms with van der Waals surface area (Å²) in [6, 6.07) is 8.37. The highest BCUT2D eigenvalue weighted by atomic mass is 16.3. The van der Waals surface area contributed by atoms with Crippen LogP contribution in [0.15, 0.2) is 30.5 Å². The predicted octanol–water partition coefficient (Wildman–Crippen LogP) is 1.35. The molecule has 0 fully saturated rings. The lowest BCUT2D eigenvalue weighted by atomic mass is 10.1. The quantitative estimate of drug-likeness (QED) is 0.789. The topological polar surface area (TPSA) is 37.2 Å². The van der Waals surface area contributed by atoms with Crippen molar-refractivity contribution in [3.63, 3.8) is 0 Å². The molecule has 1 aromatic carbocycles. The second-order valence-electron chi connectivity index (χ2n) is 3.62. The van der Waals surface area contributed by atoms with E-state index in [1.807, 2.05) is 13.2 Å². The molecule has 0 radical (unpaired) electrons. The fourth-order valence-electron chi connectivity index (χ4n) is 1.97. The number of para-hydroxylation sites is 1. The van der Waals surface area contributed by atoms with E-state index >= 15 is 0 Å². The van der Waals surface area contributed by atoms with Gasteiger partial charge >= 0.3 is 0 Å². The van der Waals surface area contributed by atoms with E-state index in [9.17, 15) is 0 Å². The fraction of sp³-hybridized carbons (Fsp3) is 0.333. The van der Waals surface area contributed by atoms with Gasteiger partial charge in [-0.25, -0.2) is 0 Å². The molecule has 0 unspecified atom stereocenters. The van der Waals surface area contributed by atoms with Crippen molar-refractivity contribution in [1.29, 1.82) is 0 Å². The Labute approximate surface area is 89.3 Å². The van der Waals surface area contributed by atoms with E-state index in [-0.39, 0.29) is 6.61 Å². The van der Waals surface area contributed by atoms with Crippen LogP contribution in [0, 0.1) is 0 Å². The lowest BCUT2D eigenvalue weighted by molar-refractivity contribution is 0.278. The van der Waals surface area contributed by atoms with Crippen molar-refractivity contribution >= 4 is 10.9 Å². The summed E-state index contributed by atoms with van der Waals surface area (Å²) in [7, 11) is 1.94. The molecule has 0 spiro atoms. The predicted molar refractivity (Wildman–Crippen MR) is 61.8 cm³/mol. The van der Waals surface area contributed by atoms with Crippen LogP contribution in [0.3, 0.4) is 0 Å². The lowest BCUT2D eigenvalue weighted by Crippen LogP contribution is -2.08. The number of aliphatic hydroxyl groups excluding tert-OH is 1. The SMILES string of the molecule is CNCc1cccc2ccn(CCO)c12. The summed E-state index contributed by atoms with van der Waals surface area (Å²) in [5.74, 6) is 0. The van der Waals surface area contributed by atoms with Gasteiger partial charge in [0, 0.05) is 19.3 Å². The highest BCUT2D eigenvalue weighted by molar-refractivity contribution is 5.83. The minimum Gasteiger partial charge on any atom is -0.395 e. The molecule has 0 aliphatic carbocycles. The molecule has 0 aliphatic rings. The van der Waals surface area contributed by atoms with Crippen LogP contribution >= 0.6 is 0 Å². The fourth-order valence-corrected chi connectivity index (χ4v) is 1.97. The molecule has 0 amide bonds. The van der Waals surface area contributed by atoms with Crippen molar-refractivity contribution in [2.75, 3.05) is 13.7 Å². The third-order valence-electron chi connectivity index (χ3n) is 2.58. The Kier molecular flexibility index (Phi) is 3.04. The standard InChI is InChI=1S/C12H16N2O/c1-13-9-11-4-2-3-10-5-6-14(7-8-15)12(10)11/h2-6,13,15H,7-9H2,1H3. The van der Waals surface area contributed by atoms with E-state index in [1.165, 1.54) is 16.5 Å². The van der Waals surface area contributed by atoms with E-state index in [2.05, 4.69) is 34.1 Å². The third kappa shape index (κ3) is 1.89. The number of fused-ring (bicyclic) bond motifs is 1. The number of aromatic nitrogens is 1. The maximum absolute atomic E-state index is 8.98. The molecule has 0 saturated carbocycles. The highest BCUT2D eigenvalue weighted by Crippen LogP contribution is 2.20. The van der Waals surface area contributed by atoms with Gasteiger partial charge in [0.25, 0.3) is 0 Å². The molecule has 0 saturated heterocycles. The molecule has 80 valence electrons. The summed E-state index contributed by atoms with van der Waals surface area (Å²) in [6.45, 7) is 1.69. The van der Waals surface area contributed by atoms with Crippen LogP contribution in [0.2, 0.25) is 0 Å². The number of hydrogen-bond donors (Lipinski definition) is 2. The summed E-state index contributed by atoms with van der Waals surface area (Å²) in [4.78, 5) is 0. The van der Waals surface area contributed by atoms with Crippen molar-refractivity contribution in [1.82, 2.24) is 9.88 Å². The third-order valence-corrected chi connectivity index (χ3v) is 2.58. The maximum Gasteiger partial charge on any atom is 0.0610 e. The van der Waals surface area contributed by atoms with Crippen LogP contribution in [-0.2, 0) is 13.1 Å². The number of nitrogens with one attached hydrogen (secondary N) is 1. The van der Waals surface area contributed by atoms with Crippen molar-refractivity contribution in [3.8, 4) is 0 Å². The van der Waals surface area contributed by atoms with Gasteiger partial charge in [-0.05, 0) is 24.1 Å². The van der Waals surface area contributed by atoms with E-state index in [0.717, 1.165) is 6.54 Å². The zero-order valence-corrected chi connectivity index (χ0v) is 8.90. The van der Waals surface area contributed by atoms with Gasteiger partial charge in [-0.15, -0.1) is 0 Å². The Morgan fingerprint density at radius 1 is 1.33 bits per heavy atom. The molecule has 2 aromatic rings. The second-order valence-corrected chi connectivity index (χ2v) is 3.62. The largest absolute Gasteiger partial charge is 0.395 e. The zero-order valence-electron chi connectivity index (χ0n) is 8.90. The monoisotopic (exact) mass is 204 g/mol. The van der Waals surface area contributed by atoms with E-state index in [4.69, 9.17) is 5.11 Å². The number of nitrogens with zero attached hydrogens (tertiary/aromatic N) is 1. The van der Waals surface area contributed by atoms with Crippen molar-refractivity contribution in [2.24, 2.45) is 0 Å². The zero-order chi connectivity index (χ0) is 10.7. The van der Waals surface area contributed by atoms with Crippen LogP contribution in [0.1, 0.15) is 5.56 Å². The molecular formula is C12H16N2O. The number of aliphatic hydroxyl groups is 1. The summed E-state index contributed by atoms with van der Waals surface area (Å²) in [6.07, 6.45) is 2.03. The average molecular weight is 204 g/mol. The van der Waals surface area contributed by atoms with Gasteiger partial charge in [0.2, 0.25) is 0 Å². The summed E-state index contributed by atoms with van der Waals surface area (Å²) in [5, 5.41) is 13.4. The van der Waals surface area contributed by atoms with Gasteiger partial charge in [0.15, 0.2) is 0 Å². The first-order valence-corrected chi connectivity index (χ1v) is 5.19. The molecule has 1 aromatic heterocycles. The van der Waals surface area contributed by atoms with Gasteiger partial charge in [-0.2, -0.15) is 0 Å². The molecule has 0 aliphatic heterocycles. The first-order chi connectivity index (χ1) is 7.36. The molecule has 3 heteroatoms. The minimum absolute atomic E-state index is 0.178. The Balaban J connectivity index is 2.53. The van der Waals surface area contributed by atoms with Crippen LogP contribution in [0.4, 0.5) is 0 Å². The van der Waals surface area contributed by atoms with Crippen LogP contribution in [0.5, 0.6) is 0 Å². The molecule has 0 atom stereocenters. The molecule has 2 N–H and O–H groups in total. The van der Waals surface area contributed by atoms with Crippen molar-refractivity contribution < 1.29 is 5.11 Å². The van der Waals surface area contributed by atoms with E-state index in [0.29, 0.717) is 6.54 Å². The summed E-state index contributed by atoms with van der Waals surface area (Å²) < 4.78 is 2.10. The second kappa shape index (κ2) is 4.47.